The van der Waals surface area contributed by atoms with Crippen LogP contribution in [0.4, 0.5) is 0 Å². The third kappa shape index (κ3) is 3.09. The average molecular weight is 247 g/mol. The fourth-order valence-corrected chi connectivity index (χ4v) is 1.87. The second-order valence-electron chi connectivity index (χ2n) is 4.36. The number of ether oxygens (including phenoxy) is 1. The molecule has 0 aliphatic carbocycles. The van der Waals surface area contributed by atoms with Crippen LogP contribution >= 0.6 is 0 Å². The van der Waals surface area contributed by atoms with Crippen molar-refractivity contribution in [2.45, 2.75) is 19.3 Å². The first-order valence-electron chi connectivity index (χ1n) is 6.16. The monoisotopic (exact) mass is 247 g/mol. The summed E-state index contributed by atoms with van der Waals surface area (Å²) in [6.45, 7) is 1.75. The molecule has 1 amide bonds. The molecule has 4 nitrogen and oxygen atoms in total. The van der Waals surface area contributed by atoms with Crippen molar-refractivity contribution in [3.05, 3.63) is 29.8 Å². The molecule has 1 aliphatic rings. The van der Waals surface area contributed by atoms with Crippen molar-refractivity contribution in [2.24, 2.45) is 0 Å². The van der Waals surface area contributed by atoms with E-state index in [1.807, 2.05) is 12.1 Å². The Morgan fingerprint density at radius 1 is 1.22 bits per heavy atom. The van der Waals surface area contributed by atoms with Crippen LogP contribution in [0.2, 0.25) is 0 Å². The molecule has 1 heterocycles. The minimum atomic E-state index is 0.0334. The van der Waals surface area contributed by atoms with Crippen molar-refractivity contribution < 1.29 is 14.3 Å². The van der Waals surface area contributed by atoms with E-state index >= 15 is 0 Å². The molecule has 4 heteroatoms. The summed E-state index contributed by atoms with van der Waals surface area (Å²) in [7, 11) is 1.55. The van der Waals surface area contributed by atoms with E-state index in [4.69, 9.17) is 4.74 Å². The normalized spacial score (nSPS) is 13.3. The molecular weight excluding hydrogens is 230 g/mol. The molecule has 0 saturated carbocycles. The SMILES string of the molecule is COc1ccccc1C(=O)CCCC(=O)N1CC1. The van der Waals surface area contributed by atoms with Crippen LogP contribution in [0.25, 0.3) is 0 Å². The summed E-state index contributed by atoms with van der Waals surface area (Å²) in [4.78, 5) is 25.2. The van der Waals surface area contributed by atoms with E-state index in [1.54, 1.807) is 24.1 Å². The average Bonchev–Trinajstić information content (AvgIpc) is 3.22. The molecule has 0 unspecified atom stereocenters. The number of hydrogen-bond acceptors (Lipinski definition) is 3. The number of ketones is 1. The predicted octanol–water partition coefficient (Wildman–Crippen LogP) is 1.89. The lowest BCUT2D eigenvalue weighted by atomic mass is 10.0. The van der Waals surface area contributed by atoms with Crippen LogP contribution in [0.5, 0.6) is 5.75 Å². The Kier molecular flexibility index (Phi) is 3.97. The molecule has 0 aromatic heterocycles. The lowest BCUT2D eigenvalue weighted by Gasteiger charge is -2.07. The Morgan fingerprint density at radius 2 is 1.94 bits per heavy atom. The highest BCUT2D eigenvalue weighted by atomic mass is 16.5. The first-order valence-corrected chi connectivity index (χ1v) is 6.16. The first kappa shape index (κ1) is 12.6. The number of carbonyl (C=O) groups excluding carboxylic acids is 2. The minimum Gasteiger partial charge on any atom is -0.496 e. The van der Waals surface area contributed by atoms with E-state index in [1.165, 1.54) is 0 Å². The van der Waals surface area contributed by atoms with Crippen LogP contribution in [0, 0.1) is 0 Å². The number of hydrogen-bond donors (Lipinski definition) is 0. The quantitative estimate of drug-likeness (QED) is 0.569. The lowest BCUT2D eigenvalue weighted by molar-refractivity contribution is -0.125. The van der Waals surface area contributed by atoms with Gasteiger partial charge in [-0.05, 0) is 18.6 Å². The van der Waals surface area contributed by atoms with E-state index in [9.17, 15) is 9.59 Å². The zero-order valence-electron chi connectivity index (χ0n) is 10.5. The van der Waals surface area contributed by atoms with Crippen LogP contribution in [-0.4, -0.2) is 36.8 Å². The molecule has 0 spiro atoms. The largest absolute Gasteiger partial charge is 0.496 e. The fraction of sp³-hybridized carbons (Fsp3) is 0.429. The molecule has 0 N–H and O–H groups in total. The predicted molar refractivity (Wildman–Crippen MR) is 67.8 cm³/mol. The van der Waals surface area contributed by atoms with E-state index in [2.05, 4.69) is 0 Å². The third-order valence-electron chi connectivity index (χ3n) is 3.00. The zero-order chi connectivity index (χ0) is 13.0. The maximum absolute atomic E-state index is 12.0. The van der Waals surface area contributed by atoms with Gasteiger partial charge in [0.05, 0.1) is 12.7 Å². The number of Topliss-reactive ketones (excluding diaryl/α,β-unsaturated/α-hetero) is 1. The molecule has 0 atom stereocenters. The third-order valence-corrected chi connectivity index (χ3v) is 3.00. The Hall–Kier alpha value is -1.84. The maximum Gasteiger partial charge on any atom is 0.222 e. The molecule has 1 fully saturated rings. The van der Waals surface area contributed by atoms with Gasteiger partial charge in [-0.1, -0.05) is 12.1 Å². The van der Waals surface area contributed by atoms with E-state index in [0.29, 0.717) is 30.6 Å². The van der Waals surface area contributed by atoms with Crippen molar-refractivity contribution >= 4 is 11.7 Å². The second-order valence-corrected chi connectivity index (χ2v) is 4.36. The van der Waals surface area contributed by atoms with E-state index < -0.39 is 0 Å². The standard InChI is InChI=1S/C14H17NO3/c1-18-13-7-3-2-5-11(13)12(16)6-4-8-14(17)15-9-10-15/h2-3,5,7H,4,6,8-10H2,1H3. The second kappa shape index (κ2) is 5.67. The van der Waals surface area contributed by atoms with Gasteiger partial charge >= 0.3 is 0 Å². The number of methoxy groups -OCH3 is 1. The van der Waals surface area contributed by atoms with Gasteiger partial charge < -0.3 is 9.64 Å². The summed E-state index contributed by atoms with van der Waals surface area (Å²) >= 11 is 0. The van der Waals surface area contributed by atoms with Gasteiger partial charge in [-0.15, -0.1) is 0 Å². The number of nitrogens with zero attached hydrogens (tertiary/aromatic N) is 1. The molecule has 18 heavy (non-hydrogen) atoms. The van der Waals surface area contributed by atoms with Crippen molar-refractivity contribution in [1.29, 1.82) is 0 Å². The van der Waals surface area contributed by atoms with E-state index in [-0.39, 0.29) is 11.7 Å². The number of benzene rings is 1. The highest BCUT2D eigenvalue weighted by Gasteiger charge is 2.23. The molecule has 1 aliphatic heterocycles. The van der Waals surface area contributed by atoms with Gasteiger partial charge in [0.1, 0.15) is 5.75 Å². The lowest BCUT2D eigenvalue weighted by Crippen LogP contribution is -2.10. The summed E-state index contributed by atoms with van der Waals surface area (Å²) in [5.41, 5.74) is 0.596. The Bertz CT molecular complexity index is 452. The van der Waals surface area contributed by atoms with Crippen LogP contribution < -0.4 is 4.74 Å². The van der Waals surface area contributed by atoms with Crippen molar-refractivity contribution in [1.82, 2.24) is 4.90 Å². The molecular formula is C14H17NO3. The van der Waals surface area contributed by atoms with Crippen LogP contribution in [0.3, 0.4) is 0 Å². The number of para-hydroxylation sites is 1. The number of amides is 1. The highest BCUT2D eigenvalue weighted by Crippen LogP contribution is 2.20. The Morgan fingerprint density at radius 3 is 2.61 bits per heavy atom. The van der Waals surface area contributed by atoms with Crippen molar-refractivity contribution in [3.8, 4) is 5.75 Å². The summed E-state index contributed by atoms with van der Waals surface area (Å²) in [5.74, 6) is 0.786. The van der Waals surface area contributed by atoms with Crippen molar-refractivity contribution in [2.75, 3.05) is 20.2 Å². The van der Waals surface area contributed by atoms with Gasteiger partial charge in [-0.3, -0.25) is 9.59 Å². The summed E-state index contributed by atoms with van der Waals surface area (Å²) < 4.78 is 5.15. The Balaban J connectivity index is 1.85. The van der Waals surface area contributed by atoms with Gasteiger partial charge in [-0.25, -0.2) is 0 Å². The minimum absolute atomic E-state index is 0.0334. The first-order chi connectivity index (χ1) is 8.72. The van der Waals surface area contributed by atoms with Crippen molar-refractivity contribution in [3.63, 3.8) is 0 Å². The molecule has 1 aromatic carbocycles. The molecule has 0 bridgehead atoms. The fourth-order valence-electron chi connectivity index (χ4n) is 1.87. The Labute approximate surface area is 107 Å². The van der Waals surface area contributed by atoms with E-state index in [0.717, 1.165) is 13.1 Å². The summed E-state index contributed by atoms with van der Waals surface area (Å²) in [5, 5.41) is 0. The van der Waals surface area contributed by atoms with Crippen LogP contribution in [0.1, 0.15) is 29.6 Å². The molecule has 2 rings (SSSR count). The van der Waals surface area contributed by atoms with Gasteiger partial charge in [0, 0.05) is 25.9 Å². The number of carbonyl (C=O) groups is 2. The molecule has 96 valence electrons. The maximum atomic E-state index is 12.0. The molecule has 0 radical (unpaired) electrons. The zero-order valence-corrected chi connectivity index (χ0v) is 10.5. The number of rotatable bonds is 6. The van der Waals surface area contributed by atoms with Gasteiger partial charge in [-0.2, -0.15) is 0 Å². The molecule has 1 saturated heterocycles. The topological polar surface area (TPSA) is 46.4 Å². The highest BCUT2D eigenvalue weighted by molar-refractivity contribution is 5.98. The van der Waals surface area contributed by atoms with Crippen LogP contribution in [0.15, 0.2) is 24.3 Å². The summed E-state index contributed by atoms with van der Waals surface area (Å²) in [6, 6.07) is 7.18. The van der Waals surface area contributed by atoms with Gasteiger partial charge in [0.15, 0.2) is 5.78 Å². The smallest absolute Gasteiger partial charge is 0.222 e. The van der Waals surface area contributed by atoms with Gasteiger partial charge in [0.25, 0.3) is 0 Å². The summed E-state index contributed by atoms with van der Waals surface area (Å²) in [6.07, 6.45) is 1.45. The van der Waals surface area contributed by atoms with Crippen LogP contribution in [-0.2, 0) is 4.79 Å². The van der Waals surface area contributed by atoms with Gasteiger partial charge in [0.2, 0.25) is 5.91 Å². The molecule has 1 aromatic rings.